The molecule has 0 aliphatic carbocycles. The van der Waals surface area contributed by atoms with Crippen molar-refractivity contribution in [3.05, 3.63) is 58.2 Å². The van der Waals surface area contributed by atoms with Crippen LogP contribution in [0, 0.1) is 0 Å². The molecule has 0 radical (unpaired) electrons. The molecule has 0 aliphatic heterocycles. The predicted molar refractivity (Wildman–Crippen MR) is 70.1 cm³/mol. The number of halogens is 2. The van der Waals surface area contributed by atoms with Gasteiger partial charge < -0.3 is 0 Å². The minimum atomic E-state index is 0.402. The molecular formula is C12H8Cl2N4. The van der Waals surface area contributed by atoms with Gasteiger partial charge in [0.2, 0.25) is 0 Å². The van der Waals surface area contributed by atoms with Gasteiger partial charge in [-0.25, -0.2) is 4.98 Å². The van der Waals surface area contributed by atoms with Crippen LogP contribution in [0.4, 0.5) is 0 Å². The lowest BCUT2D eigenvalue weighted by Gasteiger charge is -2.02. The molecule has 2 aromatic heterocycles. The lowest BCUT2D eigenvalue weighted by molar-refractivity contribution is 0.919. The number of hydrogen-bond donors (Lipinski definition) is 0. The average molecular weight is 279 g/mol. The number of aromatic nitrogens is 4. The van der Waals surface area contributed by atoms with Crippen molar-refractivity contribution in [3.63, 3.8) is 0 Å². The van der Waals surface area contributed by atoms with Gasteiger partial charge >= 0.3 is 0 Å². The van der Waals surface area contributed by atoms with Crippen molar-refractivity contribution in [2.75, 3.05) is 0 Å². The SMILES string of the molecule is Clc1cc2nnc(Cc3ccccc3Cl)n2cn1. The van der Waals surface area contributed by atoms with Crippen LogP contribution in [0.2, 0.25) is 10.2 Å². The molecule has 3 rings (SSSR count). The number of benzene rings is 1. The number of hydrogen-bond acceptors (Lipinski definition) is 3. The predicted octanol–water partition coefficient (Wildman–Crippen LogP) is 3.02. The summed E-state index contributed by atoms with van der Waals surface area (Å²) in [4.78, 5) is 4.02. The molecule has 3 aromatic rings. The molecule has 90 valence electrons. The van der Waals surface area contributed by atoms with Crippen LogP contribution in [0.25, 0.3) is 5.65 Å². The van der Waals surface area contributed by atoms with Gasteiger partial charge in [-0.05, 0) is 11.6 Å². The maximum Gasteiger partial charge on any atom is 0.165 e. The van der Waals surface area contributed by atoms with E-state index in [1.807, 2.05) is 24.3 Å². The largest absolute Gasteiger partial charge is 0.269 e. The smallest absolute Gasteiger partial charge is 0.165 e. The van der Waals surface area contributed by atoms with Crippen molar-refractivity contribution in [1.82, 2.24) is 19.6 Å². The Balaban J connectivity index is 2.03. The van der Waals surface area contributed by atoms with Gasteiger partial charge in [-0.1, -0.05) is 41.4 Å². The molecule has 2 heterocycles. The van der Waals surface area contributed by atoms with Crippen molar-refractivity contribution in [1.29, 1.82) is 0 Å². The van der Waals surface area contributed by atoms with Gasteiger partial charge in [-0.3, -0.25) is 4.40 Å². The minimum absolute atomic E-state index is 0.402. The molecule has 0 amide bonds. The lowest BCUT2D eigenvalue weighted by Crippen LogP contribution is -1.97. The Morgan fingerprint density at radius 3 is 2.78 bits per heavy atom. The molecule has 0 atom stereocenters. The molecule has 18 heavy (non-hydrogen) atoms. The summed E-state index contributed by atoms with van der Waals surface area (Å²) in [6.45, 7) is 0. The average Bonchev–Trinajstić information content (AvgIpc) is 2.74. The monoisotopic (exact) mass is 278 g/mol. The standard InChI is InChI=1S/C12H8Cl2N4/c13-9-4-2-1-3-8(9)5-11-16-17-12-6-10(14)15-7-18(11)12/h1-4,6-7H,5H2. The van der Waals surface area contributed by atoms with E-state index in [-0.39, 0.29) is 0 Å². The van der Waals surface area contributed by atoms with Crippen molar-refractivity contribution in [3.8, 4) is 0 Å². The second-order valence-corrected chi connectivity index (χ2v) is 4.62. The van der Waals surface area contributed by atoms with E-state index in [2.05, 4.69) is 15.2 Å². The fraction of sp³-hybridized carbons (Fsp3) is 0.0833. The van der Waals surface area contributed by atoms with Crippen molar-refractivity contribution in [2.24, 2.45) is 0 Å². The highest BCUT2D eigenvalue weighted by Crippen LogP contribution is 2.18. The Hall–Kier alpha value is -1.65. The summed E-state index contributed by atoms with van der Waals surface area (Å²) in [5, 5.41) is 9.30. The first-order valence-electron chi connectivity index (χ1n) is 5.32. The maximum atomic E-state index is 6.12. The third-order valence-corrected chi connectivity index (χ3v) is 3.22. The molecule has 1 aromatic carbocycles. The molecule has 0 unspecified atom stereocenters. The van der Waals surface area contributed by atoms with Gasteiger partial charge in [0.15, 0.2) is 5.65 Å². The molecule has 0 spiro atoms. The van der Waals surface area contributed by atoms with Crippen molar-refractivity contribution in [2.45, 2.75) is 6.42 Å². The quantitative estimate of drug-likeness (QED) is 0.677. The zero-order valence-electron chi connectivity index (χ0n) is 9.22. The molecular weight excluding hydrogens is 271 g/mol. The van der Waals surface area contributed by atoms with E-state index >= 15 is 0 Å². The van der Waals surface area contributed by atoms with E-state index in [1.165, 1.54) is 0 Å². The molecule has 0 aliphatic rings. The summed E-state index contributed by atoms with van der Waals surface area (Å²) in [5.41, 5.74) is 1.68. The van der Waals surface area contributed by atoms with Gasteiger partial charge in [-0.2, -0.15) is 0 Å². The number of nitrogens with zero attached hydrogens (tertiary/aromatic N) is 4. The minimum Gasteiger partial charge on any atom is -0.269 e. The maximum absolute atomic E-state index is 6.12. The van der Waals surface area contributed by atoms with Crippen molar-refractivity contribution < 1.29 is 0 Å². The summed E-state index contributed by atoms with van der Waals surface area (Å²) in [6.07, 6.45) is 2.22. The Morgan fingerprint density at radius 1 is 1.11 bits per heavy atom. The summed E-state index contributed by atoms with van der Waals surface area (Å²) < 4.78 is 1.80. The first-order valence-corrected chi connectivity index (χ1v) is 6.08. The highest BCUT2D eigenvalue weighted by Gasteiger charge is 2.09. The van der Waals surface area contributed by atoms with Crippen LogP contribution in [0.1, 0.15) is 11.4 Å². The topological polar surface area (TPSA) is 43.1 Å². The Morgan fingerprint density at radius 2 is 1.94 bits per heavy atom. The Labute approximate surface area is 113 Å². The van der Waals surface area contributed by atoms with Gasteiger partial charge in [0.05, 0.1) is 0 Å². The molecule has 4 nitrogen and oxygen atoms in total. The third-order valence-electron chi connectivity index (χ3n) is 2.64. The summed E-state index contributed by atoms with van der Waals surface area (Å²) in [6, 6.07) is 9.33. The zero-order valence-corrected chi connectivity index (χ0v) is 10.7. The Kier molecular flexibility index (Phi) is 2.89. The van der Waals surface area contributed by atoms with Crippen LogP contribution in [0.15, 0.2) is 36.7 Å². The molecule has 0 saturated heterocycles. The van der Waals surface area contributed by atoms with Crippen LogP contribution in [0.5, 0.6) is 0 Å². The molecule has 0 fully saturated rings. The molecule has 0 bridgehead atoms. The molecule has 6 heteroatoms. The van der Waals surface area contributed by atoms with E-state index in [0.717, 1.165) is 16.4 Å². The third kappa shape index (κ3) is 2.05. The van der Waals surface area contributed by atoms with Gasteiger partial charge in [0, 0.05) is 17.5 Å². The van der Waals surface area contributed by atoms with Crippen LogP contribution >= 0.6 is 23.2 Å². The lowest BCUT2D eigenvalue weighted by atomic mass is 10.1. The fourth-order valence-electron chi connectivity index (χ4n) is 1.75. The van der Waals surface area contributed by atoms with Gasteiger partial charge in [0.1, 0.15) is 17.3 Å². The summed E-state index contributed by atoms with van der Waals surface area (Å²) in [5.74, 6) is 0.780. The van der Waals surface area contributed by atoms with E-state index in [1.54, 1.807) is 16.8 Å². The van der Waals surface area contributed by atoms with E-state index in [4.69, 9.17) is 23.2 Å². The highest BCUT2D eigenvalue weighted by atomic mass is 35.5. The number of rotatable bonds is 2. The van der Waals surface area contributed by atoms with Crippen LogP contribution in [-0.4, -0.2) is 19.6 Å². The van der Waals surface area contributed by atoms with E-state index in [9.17, 15) is 0 Å². The first-order chi connectivity index (χ1) is 8.74. The van der Waals surface area contributed by atoms with Gasteiger partial charge in [0.25, 0.3) is 0 Å². The first kappa shape index (κ1) is 11.4. The second-order valence-electron chi connectivity index (χ2n) is 3.82. The zero-order chi connectivity index (χ0) is 12.5. The number of fused-ring (bicyclic) bond motifs is 1. The highest BCUT2D eigenvalue weighted by molar-refractivity contribution is 6.31. The van der Waals surface area contributed by atoms with Gasteiger partial charge in [-0.15, -0.1) is 10.2 Å². The second kappa shape index (κ2) is 4.55. The van der Waals surface area contributed by atoms with Crippen LogP contribution < -0.4 is 0 Å². The van der Waals surface area contributed by atoms with Crippen LogP contribution in [-0.2, 0) is 6.42 Å². The normalized spacial score (nSPS) is 11.0. The van der Waals surface area contributed by atoms with Crippen molar-refractivity contribution >= 4 is 28.8 Å². The molecule has 0 saturated carbocycles. The Bertz CT molecular complexity index is 708. The van der Waals surface area contributed by atoms with E-state index in [0.29, 0.717) is 17.2 Å². The summed E-state index contributed by atoms with van der Waals surface area (Å²) in [7, 11) is 0. The van der Waals surface area contributed by atoms with E-state index < -0.39 is 0 Å². The fourth-order valence-corrected chi connectivity index (χ4v) is 2.09. The molecule has 0 N–H and O–H groups in total. The van der Waals surface area contributed by atoms with Crippen LogP contribution in [0.3, 0.4) is 0 Å². The summed E-state index contributed by atoms with van der Waals surface area (Å²) >= 11 is 11.9.